The summed E-state index contributed by atoms with van der Waals surface area (Å²) in [5.74, 6) is -2.03. The van der Waals surface area contributed by atoms with Crippen molar-refractivity contribution < 1.29 is 19.1 Å². The molecule has 2 aromatic carbocycles. The Morgan fingerprint density at radius 3 is 2.27 bits per heavy atom. The average Bonchev–Trinajstić information content (AvgIpc) is 3.34. The van der Waals surface area contributed by atoms with Gasteiger partial charge in [-0.1, -0.05) is 29.8 Å². The quantitative estimate of drug-likeness (QED) is 0.466. The normalized spacial score (nSPS) is 21.5. The number of aliphatic hydroxyl groups excluding tert-OH is 1. The summed E-state index contributed by atoms with van der Waals surface area (Å²) in [5, 5.41) is 10.9. The third-order valence-corrected chi connectivity index (χ3v) is 5.91. The number of rotatable bonds is 5. The molecule has 0 bridgehead atoms. The van der Waals surface area contributed by atoms with Crippen LogP contribution in [0.2, 0.25) is 0 Å². The minimum Gasteiger partial charge on any atom is -0.507 e. The maximum Gasteiger partial charge on any atom is 0.295 e. The molecule has 2 aromatic rings. The maximum atomic E-state index is 13.3. The second kappa shape index (κ2) is 8.40. The molecule has 30 heavy (non-hydrogen) atoms. The average molecular weight is 408 g/mol. The third kappa shape index (κ3) is 3.87. The fraction of sp³-hybridized carbons (Fsp3) is 0.333. The molecule has 2 aliphatic heterocycles. The first-order chi connectivity index (χ1) is 14.5. The molecule has 1 unspecified atom stereocenters. The van der Waals surface area contributed by atoms with Crippen molar-refractivity contribution in [3.05, 3.63) is 76.6 Å². The molecule has 1 atom stereocenters. The van der Waals surface area contributed by atoms with Crippen LogP contribution < -0.4 is 0 Å². The lowest BCUT2D eigenvalue weighted by Crippen LogP contribution is -2.37. The molecule has 156 valence electrons. The highest BCUT2D eigenvalue weighted by molar-refractivity contribution is 6.46. The van der Waals surface area contributed by atoms with E-state index < -0.39 is 23.5 Å². The molecule has 4 rings (SSSR count). The fourth-order valence-electron chi connectivity index (χ4n) is 4.22. The molecule has 0 aromatic heterocycles. The highest BCUT2D eigenvalue weighted by Gasteiger charge is 2.46. The lowest BCUT2D eigenvalue weighted by atomic mass is 9.94. The van der Waals surface area contributed by atoms with Gasteiger partial charge in [-0.3, -0.25) is 9.59 Å². The number of carbonyl (C=O) groups is 2. The Labute approximate surface area is 175 Å². The molecule has 6 heteroatoms. The van der Waals surface area contributed by atoms with E-state index in [2.05, 4.69) is 4.90 Å². The van der Waals surface area contributed by atoms with Crippen LogP contribution in [-0.2, 0) is 9.59 Å². The Balaban J connectivity index is 1.75. The molecule has 1 N–H and O–H groups in total. The van der Waals surface area contributed by atoms with Gasteiger partial charge in [-0.2, -0.15) is 0 Å². The first kappa shape index (κ1) is 20.3. The van der Waals surface area contributed by atoms with Gasteiger partial charge in [-0.25, -0.2) is 4.39 Å². The van der Waals surface area contributed by atoms with E-state index in [4.69, 9.17) is 0 Å². The van der Waals surface area contributed by atoms with E-state index in [0.29, 0.717) is 18.7 Å². The minimum atomic E-state index is -0.705. The lowest BCUT2D eigenvalue weighted by molar-refractivity contribution is -0.140. The molecule has 2 fully saturated rings. The summed E-state index contributed by atoms with van der Waals surface area (Å²) in [7, 11) is 0. The largest absolute Gasteiger partial charge is 0.507 e. The zero-order chi connectivity index (χ0) is 21.3. The van der Waals surface area contributed by atoms with Crippen molar-refractivity contribution in [1.82, 2.24) is 9.80 Å². The molecular formula is C24H25FN2O3. The Bertz CT molecular complexity index is 977. The molecule has 0 radical (unpaired) electrons. The number of ketones is 1. The predicted octanol–water partition coefficient (Wildman–Crippen LogP) is 3.65. The molecule has 5 nitrogen and oxygen atoms in total. The van der Waals surface area contributed by atoms with E-state index in [-0.39, 0.29) is 11.3 Å². The van der Waals surface area contributed by atoms with Gasteiger partial charge in [-0.15, -0.1) is 0 Å². The molecule has 0 saturated carbocycles. The van der Waals surface area contributed by atoms with Crippen LogP contribution in [-0.4, -0.2) is 52.8 Å². The van der Waals surface area contributed by atoms with Crippen LogP contribution in [0.3, 0.4) is 0 Å². The molecule has 2 aliphatic rings. The second-order valence-corrected chi connectivity index (χ2v) is 7.96. The fourth-order valence-corrected chi connectivity index (χ4v) is 4.22. The van der Waals surface area contributed by atoms with Crippen LogP contribution in [0.5, 0.6) is 0 Å². The van der Waals surface area contributed by atoms with Gasteiger partial charge >= 0.3 is 0 Å². The summed E-state index contributed by atoms with van der Waals surface area (Å²) in [6, 6.07) is 12.2. The van der Waals surface area contributed by atoms with Crippen LogP contribution in [0.4, 0.5) is 4.39 Å². The Morgan fingerprint density at radius 1 is 1.00 bits per heavy atom. The number of aryl methyl sites for hydroxylation is 1. The van der Waals surface area contributed by atoms with Gasteiger partial charge in [0.25, 0.3) is 11.7 Å². The van der Waals surface area contributed by atoms with Gasteiger partial charge in [-0.05, 0) is 62.7 Å². The van der Waals surface area contributed by atoms with Gasteiger partial charge in [0.15, 0.2) is 0 Å². The zero-order valence-corrected chi connectivity index (χ0v) is 17.0. The highest BCUT2D eigenvalue weighted by Crippen LogP contribution is 2.39. The number of nitrogens with zero attached hydrogens (tertiary/aromatic N) is 2. The number of amides is 1. The van der Waals surface area contributed by atoms with Gasteiger partial charge in [0.05, 0.1) is 11.6 Å². The number of carbonyl (C=O) groups excluding carboxylic acids is 2. The summed E-state index contributed by atoms with van der Waals surface area (Å²) >= 11 is 0. The topological polar surface area (TPSA) is 60.9 Å². The molecule has 1 amide bonds. The van der Waals surface area contributed by atoms with Gasteiger partial charge in [0, 0.05) is 18.7 Å². The lowest BCUT2D eigenvalue weighted by Gasteiger charge is -2.27. The van der Waals surface area contributed by atoms with Crippen LogP contribution in [0.15, 0.2) is 54.1 Å². The van der Waals surface area contributed by atoms with Crippen molar-refractivity contribution in [2.45, 2.75) is 25.8 Å². The summed E-state index contributed by atoms with van der Waals surface area (Å²) in [5.41, 5.74) is 2.19. The summed E-state index contributed by atoms with van der Waals surface area (Å²) in [6.45, 7) is 5.05. The summed E-state index contributed by atoms with van der Waals surface area (Å²) < 4.78 is 13.3. The Kier molecular flexibility index (Phi) is 5.68. The van der Waals surface area contributed by atoms with Crippen molar-refractivity contribution in [2.24, 2.45) is 0 Å². The van der Waals surface area contributed by atoms with Crippen molar-refractivity contribution >= 4 is 17.4 Å². The van der Waals surface area contributed by atoms with Crippen LogP contribution in [0.1, 0.15) is 35.6 Å². The first-order valence-electron chi connectivity index (χ1n) is 10.3. The van der Waals surface area contributed by atoms with Crippen molar-refractivity contribution in [2.75, 3.05) is 26.2 Å². The van der Waals surface area contributed by atoms with Crippen LogP contribution in [0.25, 0.3) is 5.76 Å². The van der Waals surface area contributed by atoms with Crippen molar-refractivity contribution in [3.63, 3.8) is 0 Å². The highest BCUT2D eigenvalue weighted by atomic mass is 19.1. The predicted molar refractivity (Wildman–Crippen MR) is 112 cm³/mol. The van der Waals surface area contributed by atoms with E-state index in [0.717, 1.165) is 37.1 Å². The van der Waals surface area contributed by atoms with E-state index in [1.807, 2.05) is 31.2 Å². The van der Waals surface area contributed by atoms with Crippen LogP contribution in [0, 0.1) is 12.7 Å². The number of hydrogen-bond donors (Lipinski definition) is 1. The van der Waals surface area contributed by atoms with Crippen molar-refractivity contribution in [1.29, 1.82) is 0 Å². The van der Waals surface area contributed by atoms with Crippen molar-refractivity contribution in [3.8, 4) is 0 Å². The molecule has 2 heterocycles. The second-order valence-electron chi connectivity index (χ2n) is 7.96. The molecule has 0 spiro atoms. The minimum absolute atomic E-state index is 0.0527. The van der Waals surface area contributed by atoms with E-state index in [1.54, 1.807) is 4.90 Å². The number of likely N-dealkylation sites (tertiary alicyclic amines) is 2. The third-order valence-electron chi connectivity index (χ3n) is 5.91. The SMILES string of the molecule is Cc1ccc(C2/C(=C(\O)c3ccc(F)cc3)C(=O)C(=O)N2CCN2CCCC2)cc1. The van der Waals surface area contributed by atoms with Gasteiger partial charge in [0.2, 0.25) is 0 Å². The van der Waals surface area contributed by atoms with Crippen LogP contribution >= 0.6 is 0 Å². The monoisotopic (exact) mass is 408 g/mol. The number of aliphatic hydroxyl groups is 1. The smallest absolute Gasteiger partial charge is 0.295 e. The maximum absolute atomic E-state index is 13.3. The standard InChI is InChI=1S/C24H25FN2O3/c1-16-4-6-17(7-5-16)21-20(22(28)18-8-10-19(25)11-9-18)23(29)24(30)27(21)15-14-26-12-2-3-13-26/h4-11,21,28H,2-3,12-15H2,1H3/b22-20+. The first-order valence-corrected chi connectivity index (χ1v) is 10.3. The number of halogens is 1. The summed E-state index contributed by atoms with van der Waals surface area (Å²) in [6.07, 6.45) is 2.29. The van der Waals surface area contributed by atoms with Gasteiger partial charge in [0.1, 0.15) is 11.6 Å². The molecule has 2 saturated heterocycles. The van der Waals surface area contributed by atoms with E-state index in [1.165, 1.54) is 24.3 Å². The van der Waals surface area contributed by atoms with Gasteiger partial charge < -0.3 is 14.9 Å². The molecule has 0 aliphatic carbocycles. The Hall–Kier alpha value is -2.99. The Morgan fingerprint density at radius 2 is 1.63 bits per heavy atom. The van der Waals surface area contributed by atoms with E-state index in [9.17, 15) is 19.1 Å². The number of hydrogen-bond acceptors (Lipinski definition) is 4. The summed E-state index contributed by atoms with van der Waals surface area (Å²) in [4.78, 5) is 29.7. The molecular weight excluding hydrogens is 383 g/mol. The number of Topliss-reactive ketones (excluding diaryl/α,β-unsaturated/α-hetero) is 1. The van der Waals surface area contributed by atoms with E-state index >= 15 is 0 Å². The zero-order valence-electron chi connectivity index (χ0n) is 17.0. The number of benzene rings is 2.